The summed E-state index contributed by atoms with van der Waals surface area (Å²) in [6.07, 6.45) is -4.84. The molecular formula is C26H19ClF4N2O4. The Morgan fingerprint density at radius 1 is 1.08 bits per heavy atom. The molecule has 0 aromatic heterocycles. The highest BCUT2D eigenvalue weighted by Gasteiger charge is 2.36. The Balaban J connectivity index is 1.76. The number of amides is 1. The molecule has 3 aromatic carbocycles. The van der Waals surface area contributed by atoms with E-state index in [2.05, 4.69) is 10.1 Å². The number of rotatable bonds is 6. The molecule has 1 saturated heterocycles. The average Bonchev–Trinajstić information content (AvgIpc) is 2.81. The predicted octanol–water partition coefficient (Wildman–Crippen LogP) is 6.07. The van der Waals surface area contributed by atoms with Gasteiger partial charge in [0, 0.05) is 17.0 Å². The highest BCUT2D eigenvalue weighted by molar-refractivity contribution is 6.34. The van der Waals surface area contributed by atoms with E-state index in [1.165, 1.54) is 24.3 Å². The van der Waals surface area contributed by atoms with E-state index in [1.54, 1.807) is 6.07 Å². The van der Waals surface area contributed by atoms with Gasteiger partial charge in [0.15, 0.2) is 0 Å². The number of methoxy groups -OCH3 is 1. The number of ether oxygens (including phenoxy) is 2. The van der Waals surface area contributed by atoms with E-state index in [4.69, 9.17) is 21.7 Å². The molecule has 6 nitrogen and oxygen atoms in total. The van der Waals surface area contributed by atoms with Gasteiger partial charge in [-0.05, 0) is 42.0 Å². The predicted molar refractivity (Wildman–Crippen MR) is 128 cm³/mol. The Labute approximate surface area is 213 Å². The minimum absolute atomic E-state index is 0.0103. The number of halogens is 5. The maximum Gasteiger partial charge on any atom is 0.417 e. The van der Waals surface area contributed by atoms with Crippen LogP contribution >= 0.6 is 11.6 Å². The molecule has 3 aromatic rings. The first kappa shape index (κ1) is 26.3. The van der Waals surface area contributed by atoms with E-state index in [0.29, 0.717) is 13.2 Å². The van der Waals surface area contributed by atoms with Crippen LogP contribution in [0.5, 0.6) is 0 Å². The molecule has 2 N–H and O–H groups in total. The van der Waals surface area contributed by atoms with Crippen molar-refractivity contribution in [1.29, 1.82) is 5.41 Å². The third-order valence-corrected chi connectivity index (χ3v) is 6.19. The number of nitrogens with one attached hydrogen (secondary N) is 2. The maximum atomic E-state index is 14.9. The van der Waals surface area contributed by atoms with Crippen LogP contribution in [-0.4, -0.2) is 37.9 Å². The van der Waals surface area contributed by atoms with E-state index < -0.39 is 40.0 Å². The summed E-state index contributed by atoms with van der Waals surface area (Å²) in [7, 11) is 1.14. The van der Waals surface area contributed by atoms with Crippen molar-refractivity contribution in [2.75, 3.05) is 25.6 Å². The largest absolute Gasteiger partial charge is 0.465 e. The van der Waals surface area contributed by atoms with Crippen molar-refractivity contribution >= 4 is 34.9 Å². The van der Waals surface area contributed by atoms with Crippen LogP contribution in [0.15, 0.2) is 54.6 Å². The SMILES string of the molecule is COC(=O)c1ccc(C(=N)c2ccc(C3COC3)cc2NC(=O)c2c(Cl)cccc2C(F)(F)F)c(F)c1. The molecule has 192 valence electrons. The molecule has 0 saturated carbocycles. The molecule has 0 unspecified atom stereocenters. The summed E-state index contributed by atoms with van der Waals surface area (Å²) in [6, 6.07) is 11.0. The molecular weight excluding hydrogens is 516 g/mol. The highest BCUT2D eigenvalue weighted by atomic mass is 35.5. The fourth-order valence-electron chi connectivity index (χ4n) is 3.85. The van der Waals surface area contributed by atoms with Crippen LogP contribution in [0.1, 0.15) is 48.9 Å². The Kier molecular flexibility index (Phi) is 7.33. The van der Waals surface area contributed by atoms with Crippen LogP contribution in [0.4, 0.5) is 23.2 Å². The van der Waals surface area contributed by atoms with Crippen LogP contribution in [0.25, 0.3) is 0 Å². The zero-order valence-corrected chi connectivity index (χ0v) is 20.0. The molecule has 0 aliphatic carbocycles. The summed E-state index contributed by atoms with van der Waals surface area (Å²) < 4.78 is 65.3. The van der Waals surface area contributed by atoms with Gasteiger partial charge in [-0.2, -0.15) is 13.2 Å². The fourth-order valence-corrected chi connectivity index (χ4v) is 4.11. The van der Waals surface area contributed by atoms with Crippen molar-refractivity contribution in [3.05, 3.63) is 98.8 Å². The third kappa shape index (κ3) is 5.35. The molecule has 0 radical (unpaired) electrons. The highest BCUT2D eigenvalue weighted by Crippen LogP contribution is 2.36. The molecule has 1 fully saturated rings. The van der Waals surface area contributed by atoms with E-state index in [9.17, 15) is 27.2 Å². The lowest BCUT2D eigenvalue weighted by atomic mass is 9.92. The summed E-state index contributed by atoms with van der Waals surface area (Å²) in [5, 5.41) is 10.6. The first-order valence-electron chi connectivity index (χ1n) is 10.9. The zero-order chi connectivity index (χ0) is 26.9. The van der Waals surface area contributed by atoms with E-state index in [-0.39, 0.29) is 34.0 Å². The Morgan fingerprint density at radius 3 is 2.38 bits per heavy atom. The van der Waals surface area contributed by atoms with Crippen molar-refractivity contribution in [3.8, 4) is 0 Å². The average molecular weight is 535 g/mol. The number of hydrogen-bond acceptors (Lipinski definition) is 5. The second-order valence-electron chi connectivity index (χ2n) is 8.21. The van der Waals surface area contributed by atoms with Crippen molar-refractivity contribution in [3.63, 3.8) is 0 Å². The number of anilines is 1. The Hall–Kier alpha value is -3.76. The van der Waals surface area contributed by atoms with Gasteiger partial charge >= 0.3 is 12.1 Å². The lowest BCUT2D eigenvalue weighted by Crippen LogP contribution is -2.26. The summed E-state index contributed by atoms with van der Waals surface area (Å²) in [6.45, 7) is 0.826. The third-order valence-electron chi connectivity index (χ3n) is 5.88. The second-order valence-corrected chi connectivity index (χ2v) is 8.62. The number of carbonyl (C=O) groups is 2. The number of benzene rings is 3. The smallest absolute Gasteiger partial charge is 0.417 e. The number of carbonyl (C=O) groups excluding carboxylic acids is 2. The summed E-state index contributed by atoms with van der Waals surface area (Å²) in [5.74, 6) is -2.82. The van der Waals surface area contributed by atoms with Gasteiger partial charge in [0.1, 0.15) is 5.82 Å². The van der Waals surface area contributed by atoms with Gasteiger partial charge in [-0.25, -0.2) is 9.18 Å². The Bertz CT molecular complexity index is 1400. The van der Waals surface area contributed by atoms with E-state index in [0.717, 1.165) is 36.9 Å². The number of esters is 1. The first-order valence-corrected chi connectivity index (χ1v) is 11.2. The minimum Gasteiger partial charge on any atom is -0.465 e. The van der Waals surface area contributed by atoms with Crippen LogP contribution in [0.3, 0.4) is 0 Å². The van der Waals surface area contributed by atoms with Crippen molar-refractivity contribution in [2.24, 2.45) is 0 Å². The molecule has 1 heterocycles. The van der Waals surface area contributed by atoms with Crippen LogP contribution in [0, 0.1) is 11.2 Å². The Morgan fingerprint density at radius 2 is 1.78 bits per heavy atom. The van der Waals surface area contributed by atoms with Crippen molar-refractivity contribution in [1.82, 2.24) is 0 Å². The van der Waals surface area contributed by atoms with Gasteiger partial charge in [0.25, 0.3) is 5.91 Å². The minimum atomic E-state index is -4.84. The maximum absolute atomic E-state index is 14.9. The normalized spacial score (nSPS) is 13.6. The monoisotopic (exact) mass is 534 g/mol. The van der Waals surface area contributed by atoms with Gasteiger partial charge in [-0.1, -0.05) is 29.8 Å². The molecule has 1 aliphatic heterocycles. The van der Waals surface area contributed by atoms with Crippen molar-refractivity contribution < 1.29 is 36.6 Å². The molecule has 1 aliphatic rings. The van der Waals surface area contributed by atoms with Crippen molar-refractivity contribution in [2.45, 2.75) is 12.1 Å². The van der Waals surface area contributed by atoms with Crippen LogP contribution < -0.4 is 5.32 Å². The number of alkyl halides is 3. The van der Waals surface area contributed by atoms with Crippen LogP contribution in [-0.2, 0) is 15.7 Å². The van der Waals surface area contributed by atoms with Gasteiger partial charge in [-0.3, -0.25) is 10.2 Å². The standard InChI is InChI=1S/C26H19ClF4N2O4/c1-36-25(35)14-6-7-16(20(28)9-14)23(32)17-8-5-13(15-11-37-12-15)10-21(17)33-24(34)22-18(26(29,30)31)3-2-4-19(22)27/h2-10,15,32H,11-12H2,1H3,(H,33,34). The van der Waals surface area contributed by atoms with Gasteiger partial charge < -0.3 is 14.8 Å². The quantitative estimate of drug-likeness (QED) is 0.228. The molecule has 11 heteroatoms. The number of hydrogen-bond donors (Lipinski definition) is 2. The first-order chi connectivity index (χ1) is 17.5. The van der Waals surface area contributed by atoms with Gasteiger partial charge in [-0.15, -0.1) is 0 Å². The molecule has 0 atom stereocenters. The van der Waals surface area contributed by atoms with E-state index >= 15 is 0 Å². The zero-order valence-electron chi connectivity index (χ0n) is 19.2. The fraction of sp³-hybridized carbons (Fsp3) is 0.192. The van der Waals surface area contributed by atoms with E-state index in [1.807, 2.05) is 0 Å². The molecule has 0 bridgehead atoms. The lowest BCUT2D eigenvalue weighted by molar-refractivity contribution is -0.137. The van der Waals surface area contributed by atoms with Gasteiger partial charge in [0.05, 0.1) is 53.4 Å². The summed E-state index contributed by atoms with van der Waals surface area (Å²) in [5.41, 5.74) is -1.88. The lowest BCUT2D eigenvalue weighted by Gasteiger charge is -2.27. The molecule has 37 heavy (non-hydrogen) atoms. The summed E-state index contributed by atoms with van der Waals surface area (Å²) in [4.78, 5) is 24.8. The summed E-state index contributed by atoms with van der Waals surface area (Å²) >= 11 is 5.97. The van der Waals surface area contributed by atoms with Crippen LogP contribution in [0.2, 0.25) is 5.02 Å². The topological polar surface area (TPSA) is 88.5 Å². The molecule has 1 amide bonds. The second kappa shape index (κ2) is 10.3. The van der Waals surface area contributed by atoms with Gasteiger partial charge in [0.2, 0.25) is 0 Å². The molecule has 0 spiro atoms. The molecule has 4 rings (SSSR count).